The first kappa shape index (κ1) is 22.2. The number of non-ortho nitro benzene ring substituents is 1. The van der Waals surface area contributed by atoms with E-state index in [2.05, 4.69) is 9.71 Å². The highest BCUT2D eigenvalue weighted by molar-refractivity contribution is 7.89. The van der Waals surface area contributed by atoms with E-state index in [1.807, 2.05) is 12.1 Å². The number of nitro benzene ring substituents is 1. The fourth-order valence-corrected chi connectivity index (χ4v) is 4.28. The fraction of sp³-hybridized carbons (Fsp3) is 0.190. The average molecular weight is 443 g/mol. The van der Waals surface area contributed by atoms with Crippen LogP contribution in [0.1, 0.15) is 24.1 Å². The number of hydrogen-bond acceptors (Lipinski definition) is 7. The van der Waals surface area contributed by atoms with Crippen molar-refractivity contribution >= 4 is 15.7 Å². The normalized spacial score (nSPS) is 12.2. The Labute approximate surface area is 179 Å². The first-order valence-corrected chi connectivity index (χ1v) is 10.7. The second kappa shape index (κ2) is 9.54. The molecule has 0 aliphatic carbocycles. The third-order valence-corrected chi connectivity index (χ3v) is 6.05. The molecule has 3 aromatic rings. The number of methoxy groups -OCH3 is 1. The van der Waals surface area contributed by atoms with Crippen LogP contribution < -0.4 is 14.2 Å². The van der Waals surface area contributed by atoms with E-state index in [1.165, 1.54) is 19.2 Å². The molecule has 0 saturated heterocycles. The van der Waals surface area contributed by atoms with Gasteiger partial charge in [-0.2, -0.15) is 0 Å². The summed E-state index contributed by atoms with van der Waals surface area (Å²) in [5.41, 5.74) is 1.28. The molecule has 9 nitrogen and oxygen atoms in total. The summed E-state index contributed by atoms with van der Waals surface area (Å²) in [5.74, 6) is 0.646. The molecule has 1 heterocycles. The molecule has 0 aliphatic rings. The Hall–Kier alpha value is -3.50. The van der Waals surface area contributed by atoms with Crippen LogP contribution in [0.5, 0.6) is 11.5 Å². The van der Waals surface area contributed by atoms with E-state index in [9.17, 15) is 18.5 Å². The van der Waals surface area contributed by atoms with Gasteiger partial charge in [0.2, 0.25) is 10.0 Å². The van der Waals surface area contributed by atoms with E-state index < -0.39 is 21.0 Å². The van der Waals surface area contributed by atoms with Gasteiger partial charge in [-0.25, -0.2) is 13.1 Å². The molecule has 0 bridgehead atoms. The van der Waals surface area contributed by atoms with E-state index >= 15 is 0 Å². The van der Waals surface area contributed by atoms with Gasteiger partial charge in [-0.3, -0.25) is 15.1 Å². The Morgan fingerprint density at radius 3 is 2.52 bits per heavy atom. The number of aromatic nitrogens is 1. The molecule has 1 N–H and O–H groups in total. The average Bonchev–Trinajstić information content (AvgIpc) is 2.78. The van der Waals surface area contributed by atoms with Crippen molar-refractivity contribution in [2.24, 2.45) is 0 Å². The lowest BCUT2D eigenvalue weighted by Gasteiger charge is -2.16. The van der Waals surface area contributed by atoms with Gasteiger partial charge in [0.05, 0.1) is 12.0 Å². The minimum absolute atomic E-state index is 0.0180. The van der Waals surface area contributed by atoms with Gasteiger partial charge >= 0.3 is 0 Å². The van der Waals surface area contributed by atoms with Gasteiger partial charge in [-0.05, 0) is 36.8 Å². The SMILES string of the molecule is COc1ccc([N+](=O)[O-])cc1S(=O)(=O)NC(C)c1ccc(OCc2cccnc2)cc1. The van der Waals surface area contributed by atoms with Crippen LogP contribution in [0.25, 0.3) is 0 Å². The maximum Gasteiger partial charge on any atom is 0.271 e. The molecular weight excluding hydrogens is 422 g/mol. The van der Waals surface area contributed by atoms with Crippen molar-refractivity contribution in [1.29, 1.82) is 0 Å². The van der Waals surface area contributed by atoms with Gasteiger partial charge in [-0.15, -0.1) is 0 Å². The Morgan fingerprint density at radius 2 is 1.90 bits per heavy atom. The predicted octanol–water partition coefficient (Wildman–Crippen LogP) is 3.62. The smallest absolute Gasteiger partial charge is 0.271 e. The molecule has 0 amide bonds. The van der Waals surface area contributed by atoms with E-state index in [0.29, 0.717) is 17.9 Å². The maximum absolute atomic E-state index is 12.9. The number of sulfonamides is 1. The van der Waals surface area contributed by atoms with Gasteiger partial charge in [-0.1, -0.05) is 18.2 Å². The second-order valence-electron chi connectivity index (χ2n) is 6.65. The van der Waals surface area contributed by atoms with E-state index in [0.717, 1.165) is 11.6 Å². The van der Waals surface area contributed by atoms with Gasteiger partial charge in [0.1, 0.15) is 23.0 Å². The molecule has 10 heteroatoms. The molecule has 0 spiro atoms. The number of pyridine rings is 1. The van der Waals surface area contributed by atoms with Crippen LogP contribution in [0, 0.1) is 10.1 Å². The molecular formula is C21H21N3O6S. The number of rotatable bonds is 9. The summed E-state index contributed by atoms with van der Waals surface area (Å²) in [5, 5.41) is 11.0. The zero-order valence-corrected chi connectivity index (χ0v) is 17.7. The molecule has 1 atom stereocenters. The Morgan fingerprint density at radius 1 is 1.16 bits per heavy atom. The van der Waals surface area contributed by atoms with Crippen molar-refractivity contribution in [2.75, 3.05) is 7.11 Å². The molecule has 162 valence electrons. The van der Waals surface area contributed by atoms with Crippen LogP contribution >= 0.6 is 0 Å². The summed E-state index contributed by atoms with van der Waals surface area (Å²) in [6.45, 7) is 2.04. The van der Waals surface area contributed by atoms with Crippen LogP contribution in [0.4, 0.5) is 5.69 Å². The van der Waals surface area contributed by atoms with E-state index in [-0.39, 0.29) is 16.3 Å². The van der Waals surface area contributed by atoms with Gasteiger partial charge in [0.15, 0.2) is 0 Å². The lowest BCUT2D eigenvalue weighted by molar-refractivity contribution is -0.385. The summed E-state index contributed by atoms with van der Waals surface area (Å²) in [4.78, 5) is 14.1. The highest BCUT2D eigenvalue weighted by atomic mass is 32.2. The van der Waals surface area contributed by atoms with Crippen LogP contribution in [0.3, 0.4) is 0 Å². The topological polar surface area (TPSA) is 121 Å². The number of hydrogen-bond donors (Lipinski definition) is 1. The summed E-state index contributed by atoms with van der Waals surface area (Å²) >= 11 is 0. The van der Waals surface area contributed by atoms with Crippen molar-refractivity contribution in [3.63, 3.8) is 0 Å². The van der Waals surface area contributed by atoms with E-state index in [4.69, 9.17) is 9.47 Å². The lowest BCUT2D eigenvalue weighted by Crippen LogP contribution is -2.27. The monoisotopic (exact) mass is 443 g/mol. The number of nitro groups is 1. The van der Waals surface area contributed by atoms with Crippen molar-refractivity contribution in [3.05, 3.63) is 88.2 Å². The standard InChI is InChI=1S/C21H21N3O6S/c1-15(17-5-8-19(9-6-17)30-14-16-4-3-11-22-13-16)23-31(27,28)21-12-18(24(25)26)7-10-20(21)29-2/h3-13,15,23H,14H2,1-2H3. The Balaban J connectivity index is 1.72. The molecule has 1 unspecified atom stereocenters. The second-order valence-corrected chi connectivity index (χ2v) is 8.34. The largest absolute Gasteiger partial charge is 0.495 e. The van der Waals surface area contributed by atoms with Crippen molar-refractivity contribution in [2.45, 2.75) is 24.5 Å². The summed E-state index contributed by atoms with van der Waals surface area (Å²) < 4.78 is 39.0. The Bertz CT molecular complexity index is 1150. The van der Waals surface area contributed by atoms with Crippen LogP contribution in [0.2, 0.25) is 0 Å². The molecule has 0 radical (unpaired) electrons. The van der Waals surface area contributed by atoms with Crippen molar-refractivity contribution in [3.8, 4) is 11.5 Å². The van der Waals surface area contributed by atoms with Gasteiger partial charge < -0.3 is 9.47 Å². The van der Waals surface area contributed by atoms with Gasteiger partial charge in [0, 0.05) is 36.1 Å². The Kier molecular flexibility index (Phi) is 6.83. The third-order valence-electron chi connectivity index (χ3n) is 4.49. The molecule has 31 heavy (non-hydrogen) atoms. The third kappa shape index (κ3) is 5.56. The number of nitrogens with zero attached hydrogens (tertiary/aromatic N) is 2. The van der Waals surface area contributed by atoms with Crippen molar-refractivity contribution < 1.29 is 22.8 Å². The minimum atomic E-state index is -4.08. The maximum atomic E-state index is 12.9. The highest BCUT2D eigenvalue weighted by Gasteiger charge is 2.25. The molecule has 1 aromatic heterocycles. The number of nitrogens with one attached hydrogen (secondary N) is 1. The summed E-state index contributed by atoms with van der Waals surface area (Å²) in [6, 6.07) is 13.5. The number of benzene rings is 2. The zero-order chi connectivity index (χ0) is 22.4. The fourth-order valence-electron chi connectivity index (χ4n) is 2.86. The first-order valence-electron chi connectivity index (χ1n) is 9.26. The van der Waals surface area contributed by atoms with E-state index in [1.54, 1.807) is 43.6 Å². The zero-order valence-electron chi connectivity index (χ0n) is 16.9. The predicted molar refractivity (Wildman–Crippen MR) is 113 cm³/mol. The molecule has 0 fully saturated rings. The molecule has 0 saturated carbocycles. The summed E-state index contributed by atoms with van der Waals surface area (Å²) in [6.07, 6.45) is 3.40. The molecule has 0 aliphatic heterocycles. The summed E-state index contributed by atoms with van der Waals surface area (Å²) in [7, 11) is -2.78. The first-order chi connectivity index (χ1) is 14.8. The highest BCUT2D eigenvalue weighted by Crippen LogP contribution is 2.29. The number of ether oxygens (including phenoxy) is 2. The van der Waals surface area contributed by atoms with Crippen LogP contribution in [-0.2, 0) is 16.6 Å². The minimum Gasteiger partial charge on any atom is -0.495 e. The molecule has 3 rings (SSSR count). The molecule has 2 aromatic carbocycles. The van der Waals surface area contributed by atoms with Crippen LogP contribution in [-0.4, -0.2) is 25.4 Å². The lowest BCUT2D eigenvalue weighted by atomic mass is 10.1. The quantitative estimate of drug-likeness (QED) is 0.396. The van der Waals surface area contributed by atoms with Crippen molar-refractivity contribution in [1.82, 2.24) is 9.71 Å². The van der Waals surface area contributed by atoms with Crippen LogP contribution in [0.15, 0.2) is 71.9 Å². The van der Waals surface area contributed by atoms with Gasteiger partial charge in [0.25, 0.3) is 5.69 Å².